The summed E-state index contributed by atoms with van der Waals surface area (Å²) < 4.78 is 12.3. The Labute approximate surface area is 151 Å². The first-order chi connectivity index (χ1) is 11.9. The minimum absolute atomic E-state index is 0.127. The van der Waals surface area contributed by atoms with Gasteiger partial charge in [-0.05, 0) is 55.3 Å². The molecule has 2 aromatic heterocycles. The molecule has 0 N–H and O–H groups in total. The van der Waals surface area contributed by atoms with E-state index in [2.05, 4.69) is 4.57 Å². The Bertz CT molecular complexity index is 759. The van der Waals surface area contributed by atoms with E-state index in [1.165, 1.54) is 6.08 Å². The van der Waals surface area contributed by atoms with Crippen molar-refractivity contribution in [2.75, 3.05) is 20.3 Å². The van der Waals surface area contributed by atoms with Crippen molar-refractivity contribution in [1.82, 2.24) is 4.57 Å². The maximum Gasteiger partial charge on any atom is 0.331 e. The highest BCUT2D eigenvalue weighted by atomic mass is 32.1. The van der Waals surface area contributed by atoms with E-state index in [-0.39, 0.29) is 18.4 Å². The summed E-state index contributed by atoms with van der Waals surface area (Å²) in [6, 6.07) is 3.86. The summed E-state index contributed by atoms with van der Waals surface area (Å²) >= 11 is 1.55. The van der Waals surface area contributed by atoms with Gasteiger partial charge in [-0.3, -0.25) is 4.79 Å². The third-order valence-electron chi connectivity index (χ3n) is 3.93. The van der Waals surface area contributed by atoms with Gasteiger partial charge in [0.2, 0.25) is 5.78 Å². The monoisotopic (exact) mass is 361 g/mol. The lowest BCUT2D eigenvalue weighted by Gasteiger charge is -2.17. The van der Waals surface area contributed by atoms with Crippen molar-refractivity contribution in [2.45, 2.75) is 26.8 Å². The van der Waals surface area contributed by atoms with Crippen LogP contribution in [0.2, 0.25) is 0 Å². The van der Waals surface area contributed by atoms with Gasteiger partial charge in [0.25, 0.3) is 0 Å². The molecule has 0 amide bonds. The molecule has 1 atom stereocenters. The number of Topliss-reactive ketones (excluding diaryl/α,β-unsaturated/α-hetero) is 1. The maximum atomic E-state index is 12.4. The van der Waals surface area contributed by atoms with E-state index in [0.717, 1.165) is 17.0 Å². The highest BCUT2D eigenvalue weighted by molar-refractivity contribution is 7.08. The quantitative estimate of drug-likeness (QED) is 0.407. The van der Waals surface area contributed by atoms with Crippen LogP contribution in [0.3, 0.4) is 0 Å². The Kier molecular flexibility index (Phi) is 6.73. The van der Waals surface area contributed by atoms with Crippen LogP contribution in [0, 0.1) is 13.8 Å². The smallest absolute Gasteiger partial charge is 0.331 e. The average molecular weight is 361 g/mol. The molecule has 6 heteroatoms. The van der Waals surface area contributed by atoms with E-state index < -0.39 is 5.97 Å². The Balaban J connectivity index is 1.99. The summed E-state index contributed by atoms with van der Waals surface area (Å²) in [5.41, 5.74) is 3.35. The van der Waals surface area contributed by atoms with Gasteiger partial charge in [-0.15, -0.1) is 0 Å². The number of esters is 1. The number of aromatic nitrogens is 1. The molecule has 0 aromatic carbocycles. The molecule has 0 aliphatic carbocycles. The normalized spacial score (nSPS) is 12.5. The van der Waals surface area contributed by atoms with Gasteiger partial charge in [0.1, 0.15) is 0 Å². The second kappa shape index (κ2) is 8.78. The van der Waals surface area contributed by atoms with Gasteiger partial charge >= 0.3 is 5.97 Å². The number of methoxy groups -OCH3 is 1. The molecular weight excluding hydrogens is 338 g/mol. The summed E-state index contributed by atoms with van der Waals surface area (Å²) in [5.74, 6) is -0.734. The van der Waals surface area contributed by atoms with E-state index in [1.54, 1.807) is 24.5 Å². The molecule has 25 heavy (non-hydrogen) atoms. The van der Waals surface area contributed by atoms with Crippen LogP contribution in [0.25, 0.3) is 6.08 Å². The van der Waals surface area contributed by atoms with E-state index in [1.807, 2.05) is 43.7 Å². The van der Waals surface area contributed by atoms with Crippen molar-refractivity contribution < 1.29 is 19.1 Å². The number of hydrogen-bond acceptors (Lipinski definition) is 5. The summed E-state index contributed by atoms with van der Waals surface area (Å²) in [6.45, 7) is 6.17. The van der Waals surface area contributed by atoms with Crippen LogP contribution in [-0.2, 0) is 14.3 Å². The number of nitrogens with zero attached hydrogens (tertiary/aromatic N) is 1. The Morgan fingerprint density at radius 2 is 2.12 bits per heavy atom. The van der Waals surface area contributed by atoms with Crippen molar-refractivity contribution in [3.8, 4) is 0 Å². The topological polar surface area (TPSA) is 57.5 Å². The molecular formula is C19H23NO4S. The number of carbonyl (C=O) groups is 2. The maximum absolute atomic E-state index is 12.4. The summed E-state index contributed by atoms with van der Waals surface area (Å²) in [5, 5.41) is 3.85. The molecule has 2 aromatic rings. The van der Waals surface area contributed by atoms with E-state index in [9.17, 15) is 9.59 Å². The second-order valence-electron chi connectivity index (χ2n) is 5.88. The number of thiophene rings is 1. The van der Waals surface area contributed by atoms with Crippen LogP contribution in [0.15, 0.2) is 29.0 Å². The molecule has 0 saturated carbocycles. The molecule has 5 nitrogen and oxygen atoms in total. The Morgan fingerprint density at radius 3 is 2.76 bits per heavy atom. The first-order valence-corrected chi connectivity index (χ1v) is 8.96. The molecule has 134 valence electrons. The summed E-state index contributed by atoms with van der Waals surface area (Å²) in [7, 11) is 1.65. The van der Waals surface area contributed by atoms with Gasteiger partial charge in [0.05, 0.1) is 12.6 Å². The fourth-order valence-electron chi connectivity index (χ4n) is 2.85. The van der Waals surface area contributed by atoms with Crippen molar-refractivity contribution in [3.63, 3.8) is 0 Å². The summed E-state index contributed by atoms with van der Waals surface area (Å²) in [6.07, 6.45) is 3.00. The molecule has 0 spiro atoms. The van der Waals surface area contributed by atoms with E-state index >= 15 is 0 Å². The Morgan fingerprint density at radius 1 is 1.36 bits per heavy atom. The van der Waals surface area contributed by atoms with Crippen LogP contribution < -0.4 is 0 Å². The van der Waals surface area contributed by atoms with Crippen LogP contribution in [0.1, 0.15) is 40.3 Å². The van der Waals surface area contributed by atoms with Gasteiger partial charge < -0.3 is 14.0 Å². The lowest BCUT2D eigenvalue weighted by Crippen LogP contribution is -2.16. The standard InChI is InChI=1S/C19H23NO4S/c1-13-9-17(15(3)20(13)14(2)10-23-4)18(21)11-24-19(22)6-5-16-7-8-25-12-16/h5-9,12,14H,10-11H2,1-4H3/b6-5+/t14-/m1/s1. The molecule has 0 aliphatic rings. The summed E-state index contributed by atoms with van der Waals surface area (Å²) in [4.78, 5) is 24.1. The third kappa shape index (κ3) is 4.90. The minimum atomic E-state index is -0.527. The third-order valence-corrected chi connectivity index (χ3v) is 4.64. The van der Waals surface area contributed by atoms with Gasteiger partial charge in [-0.2, -0.15) is 11.3 Å². The highest BCUT2D eigenvalue weighted by Crippen LogP contribution is 2.21. The number of ketones is 1. The lowest BCUT2D eigenvalue weighted by atomic mass is 10.1. The molecule has 0 radical (unpaired) electrons. The van der Waals surface area contributed by atoms with Gasteiger partial charge in [0.15, 0.2) is 6.61 Å². The minimum Gasteiger partial charge on any atom is -0.454 e. The fraction of sp³-hybridized carbons (Fsp3) is 0.368. The van der Waals surface area contributed by atoms with Gasteiger partial charge in [-0.25, -0.2) is 4.79 Å². The van der Waals surface area contributed by atoms with Crippen LogP contribution in [0.5, 0.6) is 0 Å². The Hall–Kier alpha value is -2.18. The first-order valence-electron chi connectivity index (χ1n) is 8.01. The van der Waals surface area contributed by atoms with Crippen LogP contribution in [-0.4, -0.2) is 36.6 Å². The number of ether oxygens (including phenoxy) is 2. The van der Waals surface area contributed by atoms with Crippen LogP contribution in [0.4, 0.5) is 0 Å². The zero-order chi connectivity index (χ0) is 18.4. The largest absolute Gasteiger partial charge is 0.454 e. The number of rotatable bonds is 8. The fourth-order valence-corrected chi connectivity index (χ4v) is 3.48. The zero-order valence-electron chi connectivity index (χ0n) is 14.9. The van der Waals surface area contributed by atoms with E-state index in [0.29, 0.717) is 12.2 Å². The van der Waals surface area contributed by atoms with E-state index in [4.69, 9.17) is 9.47 Å². The van der Waals surface area contributed by atoms with Gasteiger partial charge in [-0.1, -0.05) is 0 Å². The lowest BCUT2D eigenvalue weighted by molar-refractivity contribution is -0.136. The predicted octanol–water partition coefficient (Wildman–Crippen LogP) is 3.81. The van der Waals surface area contributed by atoms with Crippen molar-refractivity contribution >= 4 is 29.2 Å². The zero-order valence-corrected chi connectivity index (χ0v) is 15.8. The average Bonchev–Trinajstić information content (AvgIpc) is 3.18. The van der Waals surface area contributed by atoms with Crippen molar-refractivity contribution in [2.24, 2.45) is 0 Å². The predicted molar refractivity (Wildman–Crippen MR) is 99.1 cm³/mol. The van der Waals surface area contributed by atoms with Gasteiger partial charge in [0, 0.05) is 30.1 Å². The second-order valence-corrected chi connectivity index (χ2v) is 6.66. The molecule has 0 bridgehead atoms. The first kappa shape index (κ1) is 19.1. The molecule has 2 heterocycles. The number of carbonyl (C=O) groups excluding carboxylic acids is 2. The number of hydrogen-bond donors (Lipinski definition) is 0. The van der Waals surface area contributed by atoms with Crippen molar-refractivity contribution in [3.05, 3.63) is 51.5 Å². The molecule has 2 rings (SSSR count). The number of aryl methyl sites for hydroxylation is 1. The highest BCUT2D eigenvalue weighted by Gasteiger charge is 2.19. The SMILES string of the molecule is COC[C@@H](C)n1c(C)cc(C(=O)COC(=O)/C=C/c2ccsc2)c1C. The molecule has 0 saturated heterocycles. The van der Waals surface area contributed by atoms with Crippen LogP contribution >= 0.6 is 11.3 Å². The molecule has 0 fully saturated rings. The van der Waals surface area contributed by atoms with Crippen molar-refractivity contribution in [1.29, 1.82) is 0 Å². The molecule has 0 aliphatic heterocycles. The molecule has 0 unspecified atom stereocenters.